The Hall–Kier alpha value is -1.90. The lowest BCUT2D eigenvalue weighted by Gasteiger charge is -2.04. The molecule has 0 aliphatic rings. The molecule has 0 aliphatic carbocycles. The van der Waals surface area contributed by atoms with Gasteiger partial charge in [0, 0.05) is 11.1 Å². The second-order valence-corrected chi connectivity index (χ2v) is 3.50. The maximum absolute atomic E-state index is 10.6. The number of carbonyl (C=O) groups is 1. The van der Waals surface area contributed by atoms with Gasteiger partial charge in [-0.05, 0) is 24.6 Å². The SMILES string of the molecule is Cc1nc2ccccc2cc1CC(=O)O. The number of para-hydroxylation sites is 1. The summed E-state index contributed by atoms with van der Waals surface area (Å²) in [6, 6.07) is 9.60. The Labute approximate surface area is 87.4 Å². The van der Waals surface area contributed by atoms with Gasteiger partial charge in [0.1, 0.15) is 0 Å². The summed E-state index contributed by atoms with van der Waals surface area (Å²) in [6.07, 6.45) is 0.0314. The van der Waals surface area contributed by atoms with Crippen molar-refractivity contribution in [3.8, 4) is 0 Å². The van der Waals surface area contributed by atoms with Crippen LogP contribution in [0.25, 0.3) is 10.9 Å². The van der Waals surface area contributed by atoms with Crippen LogP contribution in [0.1, 0.15) is 11.3 Å². The molecule has 1 aromatic heterocycles. The van der Waals surface area contributed by atoms with Gasteiger partial charge in [0.25, 0.3) is 0 Å². The number of aryl methyl sites for hydroxylation is 1. The Kier molecular flexibility index (Phi) is 2.37. The maximum Gasteiger partial charge on any atom is 0.307 e. The molecule has 0 unspecified atom stereocenters. The molecule has 2 aromatic rings. The first-order valence-corrected chi connectivity index (χ1v) is 4.74. The summed E-state index contributed by atoms with van der Waals surface area (Å²) in [6.45, 7) is 1.84. The fourth-order valence-electron chi connectivity index (χ4n) is 1.60. The molecule has 2 rings (SSSR count). The number of pyridine rings is 1. The van der Waals surface area contributed by atoms with E-state index in [4.69, 9.17) is 5.11 Å². The number of hydrogen-bond donors (Lipinski definition) is 1. The van der Waals surface area contributed by atoms with Crippen LogP contribution in [0.4, 0.5) is 0 Å². The Morgan fingerprint density at radius 2 is 2.13 bits per heavy atom. The van der Waals surface area contributed by atoms with E-state index in [1.165, 1.54) is 0 Å². The van der Waals surface area contributed by atoms with E-state index in [9.17, 15) is 4.79 Å². The summed E-state index contributed by atoms with van der Waals surface area (Å²) in [7, 11) is 0. The molecule has 0 fully saturated rings. The van der Waals surface area contributed by atoms with Gasteiger partial charge < -0.3 is 5.11 Å². The molecule has 0 amide bonds. The second kappa shape index (κ2) is 3.69. The zero-order valence-corrected chi connectivity index (χ0v) is 8.40. The monoisotopic (exact) mass is 201 g/mol. The van der Waals surface area contributed by atoms with E-state index in [1.54, 1.807) is 0 Å². The molecule has 3 heteroatoms. The summed E-state index contributed by atoms with van der Waals surface area (Å²) in [4.78, 5) is 15.0. The van der Waals surface area contributed by atoms with Crippen LogP contribution in [-0.2, 0) is 11.2 Å². The van der Waals surface area contributed by atoms with E-state index in [1.807, 2.05) is 37.3 Å². The average molecular weight is 201 g/mol. The minimum atomic E-state index is -0.824. The standard InChI is InChI=1S/C12H11NO2/c1-8-10(7-12(14)15)6-9-4-2-3-5-11(9)13-8/h2-6H,7H2,1H3,(H,14,15). The van der Waals surface area contributed by atoms with Crippen LogP contribution < -0.4 is 0 Å². The minimum absolute atomic E-state index is 0.0314. The molecule has 0 saturated heterocycles. The van der Waals surface area contributed by atoms with Crippen molar-refractivity contribution >= 4 is 16.9 Å². The van der Waals surface area contributed by atoms with Crippen molar-refractivity contribution in [2.24, 2.45) is 0 Å². The van der Waals surface area contributed by atoms with E-state index in [2.05, 4.69) is 4.98 Å². The number of nitrogens with zero attached hydrogens (tertiary/aromatic N) is 1. The molecular formula is C12H11NO2. The van der Waals surface area contributed by atoms with Gasteiger partial charge in [-0.1, -0.05) is 18.2 Å². The van der Waals surface area contributed by atoms with E-state index >= 15 is 0 Å². The Morgan fingerprint density at radius 3 is 2.87 bits per heavy atom. The first kappa shape index (κ1) is 9.65. The zero-order valence-electron chi connectivity index (χ0n) is 8.40. The number of fused-ring (bicyclic) bond motifs is 1. The van der Waals surface area contributed by atoms with Gasteiger partial charge >= 0.3 is 5.97 Å². The van der Waals surface area contributed by atoms with Crippen molar-refractivity contribution in [3.05, 3.63) is 41.6 Å². The van der Waals surface area contributed by atoms with Gasteiger partial charge in [0.2, 0.25) is 0 Å². The molecule has 0 spiro atoms. The van der Waals surface area contributed by atoms with Crippen LogP contribution in [-0.4, -0.2) is 16.1 Å². The fraction of sp³-hybridized carbons (Fsp3) is 0.167. The van der Waals surface area contributed by atoms with Crippen LogP contribution in [0.3, 0.4) is 0 Å². The first-order chi connectivity index (χ1) is 7.16. The predicted molar refractivity (Wildman–Crippen MR) is 57.8 cm³/mol. The molecule has 0 atom stereocenters. The summed E-state index contributed by atoms with van der Waals surface area (Å²) in [5.74, 6) is -0.824. The topological polar surface area (TPSA) is 50.2 Å². The summed E-state index contributed by atoms with van der Waals surface area (Å²) < 4.78 is 0. The molecule has 1 N–H and O–H groups in total. The second-order valence-electron chi connectivity index (χ2n) is 3.50. The van der Waals surface area contributed by atoms with Crippen molar-refractivity contribution in [3.63, 3.8) is 0 Å². The maximum atomic E-state index is 10.6. The molecule has 1 heterocycles. The number of carboxylic acid groups (broad SMARTS) is 1. The Balaban J connectivity index is 2.56. The highest BCUT2D eigenvalue weighted by Crippen LogP contribution is 2.16. The van der Waals surface area contributed by atoms with Crippen molar-refractivity contribution in [2.75, 3.05) is 0 Å². The van der Waals surface area contributed by atoms with E-state index in [-0.39, 0.29) is 6.42 Å². The van der Waals surface area contributed by atoms with Crippen LogP contribution >= 0.6 is 0 Å². The smallest absolute Gasteiger partial charge is 0.307 e. The lowest BCUT2D eigenvalue weighted by molar-refractivity contribution is -0.136. The first-order valence-electron chi connectivity index (χ1n) is 4.74. The molecule has 0 aliphatic heterocycles. The van der Waals surface area contributed by atoms with Crippen LogP contribution in [0.15, 0.2) is 30.3 Å². The molecule has 0 bridgehead atoms. The number of aliphatic carboxylic acids is 1. The highest BCUT2D eigenvalue weighted by Gasteiger charge is 2.06. The highest BCUT2D eigenvalue weighted by atomic mass is 16.4. The molecule has 3 nitrogen and oxygen atoms in total. The van der Waals surface area contributed by atoms with Crippen LogP contribution in [0, 0.1) is 6.92 Å². The number of carboxylic acids is 1. The fourth-order valence-corrected chi connectivity index (χ4v) is 1.60. The molecule has 0 radical (unpaired) electrons. The quantitative estimate of drug-likeness (QED) is 0.810. The van der Waals surface area contributed by atoms with Gasteiger partial charge in [0.15, 0.2) is 0 Å². The summed E-state index contributed by atoms with van der Waals surface area (Å²) >= 11 is 0. The lowest BCUT2D eigenvalue weighted by Crippen LogP contribution is -2.03. The Bertz CT molecular complexity index is 520. The van der Waals surface area contributed by atoms with Crippen molar-refractivity contribution in [1.82, 2.24) is 4.98 Å². The van der Waals surface area contributed by atoms with E-state index in [0.29, 0.717) is 0 Å². The van der Waals surface area contributed by atoms with Crippen LogP contribution in [0.2, 0.25) is 0 Å². The molecule has 0 saturated carbocycles. The average Bonchev–Trinajstić information content (AvgIpc) is 2.18. The third-order valence-electron chi connectivity index (χ3n) is 2.36. The number of hydrogen-bond acceptors (Lipinski definition) is 2. The lowest BCUT2D eigenvalue weighted by atomic mass is 10.1. The van der Waals surface area contributed by atoms with Gasteiger partial charge in [-0.2, -0.15) is 0 Å². The van der Waals surface area contributed by atoms with Gasteiger partial charge in [-0.3, -0.25) is 9.78 Å². The summed E-state index contributed by atoms with van der Waals surface area (Å²) in [5.41, 5.74) is 2.47. The van der Waals surface area contributed by atoms with Crippen molar-refractivity contribution in [1.29, 1.82) is 0 Å². The number of rotatable bonds is 2. The van der Waals surface area contributed by atoms with Crippen molar-refractivity contribution in [2.45, 2.75) is 13.3 Å². The van der Waals surface area contributed by atoms with Gasteiger partial charge in [0.05, 0.1) is 11.9 Å². The predicted octanol–water partition coefficient (Wildman–Crippen LogP) is 2.17. The Morgan fingerprint density at radius 1 is 1.40 bits per heavy atom. The highest BCUT2D eigenvalue weighted by molar-refractivity contribution is 5.81. The number of benzene rings is 1. The largest absolute Gasteiger partial charge is 0.481 e. The molecule has 1 aromatic carbocycles. The normalized spacial score (nSPS) is 10.5. The molecule has 76 valence electrons. The molecular weight excluding hydrogens is 190 g/mol. The number of aromatic nitrogens is 1. The third-order valence-corrected chi connectivity index (χ3v) is 2.36. The van der Waals surface area contributed by atoms with Crippen molar-refractivity contribution < 1.29 is 9.90 Å². The van der Waals surface area contributed by atoms with Gasteiger partial charge in [-0.15, -0.1) is 0 Å². The van der Waals surface area contributed by atoms with E-state index in [0.717, 1.165) is 22.2 Å². The molecule has 15 heavy (non-hydrogen) atoms. The zero-order chi connectivity index (χ0) is 10.8. The third kappa shape index (κ3) is 1.96. The van der Waals surface area contributed by atoms with Gasteiger partial charge in [-0.25, -0.2) is 0 Å². The minimum Gasteiger partial charge on any atom is -0.481 e. The van der Waals surface area contributed by atoms with Crippen LogP contribution in [0.5, 0.6) is 0 Å². The summed E-state index contributed by atoms with van der Waals surface area (Å²) in [5, 5.41) is 9.72. The van der Waals surface area contributed by atoms with E-state index < -0.39 is 5.97 Å².